The predicted molar refractivity (Wildman–Crippen MR) is 78.5 cm³/mol. The van der Waals surface area contributed by atoms with Crippen LogP contribution in [0.1, 0.15) is 39.2 Å². The molecule has 2 fully saturated rings. The Bertz CT molecular complexity index is 505. The van der Waals surface area contributed by atoms with Gasteiger partial charge in [0.05, 0.1) is 5.54 Å². The number of piperidine rings is 1. The van der Waals surface area contributed by atoms with E-state index in [-0.39, 0.29) is 11.6 Å². The van der Waals surface area contributed by atoms with Crippen LogP contribution in [0.2, 0.25) is 0 Å². The second-order valence-corrected chi connectivity index (χ2v) is 7.09. The molecule has 3 rings (SSSR count). The average molecular weight is 273 g/mol. The summed E-state index contributed by atoms with van der Waals surface area (Å²) in [6.45, 7) is 6.62. The number of nitrogens with zero attached hydrogens (tertiary/aromatic N) is 1. The van der Waals surface area contributed by atoms with Gasteiger partial charge in [-0.1, -0.05) is 30.3 Å². The summed E-state index contributed by atoms with van der Waals surface area (Å²) in [6.07, 6.45) is 3.05. The van der Waals surface area contributed by atoms with Crippen molar-refractivity contribution in [3.63, 3.8) is 0 Å². The summed E-state index contributed by atoms with van der Waals surface area (Å²) >= 11 is 0. The van der Waals surface area contributed by atoms with Crippen molar-refractivity contribution in [3.05, 3.63) is 35.9 Å². The van der Waals surface area contributed by atoms with Gasteiger partial charge in [-0.25, -0.2) is 4.79 Å². The van der Waals surface area contributed by atoms with Gasteiger partial charge in [0.15, 0.2) is 0 Å². The molecule has 2 aliphatic rings. The highest BCUT2D eigenvalue weighted by Gasteiger charge is 2.63. The first-order valence-electron chi connectivity index (χ1n) is 7.45. The Labute approximate surface area is 120 Å². The van der Waals surface area contributed by atoms with E-state index in [1.165, 1.54) is 5.56 Å². The maximum Gasteiger partial charge on any atom is 0.410 e. The van der Waals surface area contributed by atoms with Crippen LogP contribution in [0.25, 0.3) is 0 Å². The smallest absolute Gasteiger partial charge is 0.410 e. The Morgan fingerprint density at radius 1 is 1.35 bits per heavy atom. The van der Waals surface area contributed by atoms with Crippen LogP contribution in [0, 0.1) is 5.92 Å². The van der Waals surface area contributed by atoms with Crippen molar-refractivity contribution in [1.82, 2.24) is 4.90 Å². The van der Waals surface area contributed by atoms with E-state index in [4.69, 9.17) is 4.74 Å². The van der Waals surface area contributed by atoms with Crippen molar-refractivity contribution in [3.8, 4) is 0 Å². The second kappa shape index (κ2) is 4.51. The molecule has 1 aromatic rings. The first-order chi connectivity index (χ1) is 9.41. The maximum absolute atomic E-state index is 12.4. The highest BCUT2D eigenvalue weighted by Crippen LogP contribution is 2.57. The van der Waals surface area contributed by atoms with Gasteiger partial charge >= 0.3 is 6.09 Å². The van der Waals surface area contributed by atoms with E-state index in [9.17, 15) is 4.79 Å². The van der Waals surface area contributed by atoms with E-state index in [1.807, 2.05) is 31.7 Å². The van der Waals surface area contributed by atoms with Crippen molar-refractivity contribution in [2.45, 2.75) is 51.2 Å². The molecule has 0 spiro atoms. The quantitative estimate of drug-likeness (QED) is 0.823. The molecule has 20 heavy (non-hydrogen) atoms. The third kappa shape index (κ3) is 2.41. The first-order valence-corrected chi connectivity index (χ1v) is 7.45. The predicted octanol–water partition coefficient (Wildman–Crippen LogP) is 3.63. The van der Waals surface area contributed by atoms with Gasteiger partial charge in [-0.15, -0.1) is 0 Å². The Balaban J connectivity index is 1.74. The van der Waals surface area contributed by atoms with Gasteiger partial charge in [0, 0.05) is 6.54 Å². The van der Waals surface area contributed by atoms with Crippen LogP contribution < -0.4 is 0 Å². The SMILES string of the molecule is CC(C)(C)OC(=O)N1CC[C@@H]2C[C@@]21Cc1ccccc1. The molecule has 0 N–H and O–H groups in total. The number of rotatable bonds is 2. The zero-order valence-corrected chi connectivity index (χ0v) is 12.6. The molecule has 1 amide bonds. The molecule has 1 heterocycles. The van der Waals surface area contributed by atoms with E-state index < -0.39 is 5.60 Å². The van der Waals surface area contributed by atoms with E-state index in [0.717, 1.165) is 25.8 Å². The molecule has 1 aromatic carbocycles. The summed E-state index contributed by atoms with van der Waals surface area (Å²) in [7, 11) is 0. The molecule has 0 aromatic heterocycles. The van der Waals surface area contributed by atoms with Crippen LogP contribution >= 0.6 is 0 Å². The van der Waals surface area contributed by atoms with Gasteiger partial charge in [0.25, 0.3) is 0 Å². The fourth-order valence-corrected chi connectivity index (χ4v) is 3.43. The van der Waals surface area contributed by atoms with Crippen molar-refractivity contribution in [2.24, 2.45) is 5.92 Å². The number of carbonyl (C=O) groups is 1. The van der Waals surface area contributed by atoms with E-state index in [2.05, 4.69) is 24.3 Å². The molecule has 1 saturated carbocycles. The summed E-state index contributed by atoms with van der Waals surface area (Å²) in [5.74, 6) is 0.662. The van der Waals surface area contributed by atoms with Gasteiger partial charge in [-0.3, -0.25) is 0 Å². The lowest BCUT2D eigenvalue weighted by atomic mass is 10.0. The highest BCUT2D eigenvalue weighted by molar-refractivity contribution is 5.71. The Morgan fingerprint density at radius 3 is 2.65 bits per heavy atom. The first kappa shape index (κ1) is 13.5. The van der Waals surface area contributed by atoms with E-state index in [1.54, 1.807) is 0 Å². The lowest BCUT2D eigenvalue weighted by Crippen LogP contribution is -2.44. The minimum Gasteiger partial charge on any atom is -0.444 e. The number of amides is 1. The van der Waals surface area contributed by atoms with Gasteiger partial charge in [-0.2, -0.15) is 0 Å². The zero-order chi connectivity index (χ0) is 14.4. The van der Waals surface area contributed by atoms with Gasteiger partial charge in [0.2, 0.25) is 0 Å². The van der Waals surface area contributed by atoms with Crippen LogP contribution in [0.5, 0.6) is 0 Å². The standard InChI is InChI=1S/C17H23NO2/c1-16(2,3)20-15(19)18-10-9-14-12-17(14,18)11-13-7-5-4-6-8-13/h4-8,14H,9-12H2,1-3H3/t14-,17+/m1/s1. The average Bonchev–Trinajstić information content (AvgIpc) is 2.92. The Kier molecular flexibility index (Phi) is 3.03. The largest absolute Gasteiger partial charge is 0.444 e. The van der Waals surface area contributed by atoms with Gasteiger partial charge in [0.1, 0.15) is 5.60 Å². The van der Waals surface area contributed by atoms with Crippen LogP contribution in [-0.4, -0.2) is 28.7 Å². The Morgan fingerprint density at radius 2 is 2.05 bits per heavy atom. The molecule has 1 saturated heterocycles. The molecular formula is C17H23NO2. The van der Waals surface area contributed by atoms with Crippen molar-refractivity contribution in [2.75, 3.05) is 6.54 Å². The molecule has 1 aliphatic carbocycles. The second-order valence-electron chi connectivity index (χ2n) is 7.09. The van der Waals surface area contributed by atoms with Crippen LogP contribution in [0.4, 0.5) is 4.79 Å². The monoisotopic (exact) mass is 273 g/mol. The van der Waals surface area contributed by atoms with E-state index >= 15 is 0 Å². The van der Waals surface area contributed by atoms with Crippen molar-refractivity contribution in [1.29, 1.82) is 0 Å². The third-order valence-electron chi connectivity index (χ3n) is 4.41. The minimum atomic E-state index is -0.419. The Hall–Kier alpha value is -1.51. The van der Waals surface area contributed by atoms with Gasteiger partial charge < -0.3 is 9.64 Å². The van der Waals surface area contributed by atoms with Crippen LogP contribution in [-0.2, 0) is 11.2 Å². The number of hydrogen-bond acceptors (Lipinski definition) is 2. The van der Waals surface area contributed by atoms with Crippen LogP contribution in [0.15, 0.2) is 30.3 Å². The molecule has 108 valence electrons. The van der Waals surface area contributed by atoms with Crippen LogP contribution in [0.3, 0.4) is 0 Å². The number of hydrogen-bond donors (Lipinski definition) is 0. The summed E-state index contributed by atoms with van der Waals surface area (Å²) in [5.41, 5.74) is 0.923. The fourth-order valence-electron chi connectivity index (χ4n) is 3.43. The molecule has 0 unspecified atom stereocenters. The number of fused-ring (bicyclic) bond motifs is 1. The van der Waals surface area contributed by atoms with Gasteiger partial charge in [-0.05, 0) is 51.5 Å². The normalized spacial score (nSPS) is 28.1. The lowest BCUT2D eigenvalue weighted by Gasteiger charge is -2.31. The fraction of sp³-hybridized carbons (Fsp3) is 0.588. The zero-order valence-electron chi connectivity index (χ0n) is 12.6. The molecule has 3 heteroatoms. The summed E-state index contributed by atoms with van der Waals surface area (Å²) in [6, 6.07) is 10.5. The topological polar surface area (TPSA) is 29.5 Å². The van der Waals surface area contributed by atoms with E-state index in [0.29, 0.717) is 5.92 Å². The molecule has 0 bridgehead atoms. The molecule has 1 aliphatic heterocycles. The number of likely N-dealkylation sites (tertiary alicyclic amines) is 1. The number of carbonyl (C=O) groups excluding carboxylic acids is 1. The summed E-state index contributed by atoms with van der Waals surface area (Å²) < 4.78 is 5.57. The maximum atomic E-state index is 12.4. The molecular weight excluding hydrogens is 250 g/mol. The summed E-state index contributed by atoms with van der Waals surface area (Å²) in [4.78, 5) is 14.4. The molecule has 3 nitrogen and oxygen atoms in total. The summed E-state index contributed by atoms with van der Waals surface area (Å²) in [5, 5.41) is 0. The van der Waals surface area contributed by atoms with Crippen molar-refractivity contribution < 1.29 is 9.53 Å². The lowest BCUT2D eigenvalue weighted by molar-refractivity contribution is 0.0175. The highest BCUT2D eigenvalue weighted by atomic mass is 16.6. The third-order valence-corrected chi connectivity index (χ3v) is 4.41. The number of benzene rings is 1. The minimum absolute atomic E-state index is 0.0314. The number of ether oxygens (including phenoxy) is 1. The molecule has 2 atom stereocenters. The molecule has 0 radical (unpaired) electrons. The van der Waals surface area contributed by atoms with Crippen molar-refractivity contribution >= 4 is 6.09 Å².